The van der Waals surface area contributed by atoms with Crippen molar-refractivity contribution in [3.8, 4) is 23.0 Å². The quantitative estimate of drug-likeness (QED) is 0.0163. The second-order valence-corrected chi connectivity index (χ2v) is 33.5. The van der Waals surface area contributed by atoms with Crippen LogP contribution < -0.4 is 24.8 Å². The normalized spacial score (nSPS) is 25.5. The molecule has 0 radical (unpaired) electrons. The predicted molar refractivity (Wildman–Crippen MR) is 453 cm³/mol. The summed E-state index contributed by atoms with van der Waals surface area (Å²) in [7, 11) is 3.02. The van der Waals surface area contributed by atoms with Gasteiger partial charge in [-0.1, -0.05) is 65.9 Å². The number of oxime groups is 1. The van der Waals surface area contributed by atoms with Crippen LogP contribution in [0.2, 0.25) is 0 Å². The third kappa shape index (κ3) is 35.6. The molecule has 23 heteroatoms. The molecule has 11 aliphatic rings. The molecule has 0 atom stereocenters. The Labute approximate surface area is 699 Å². The van der Waals surface area contributed by atoms with E-state index in [2.05, 4.69) is 92.1 Å². The molecule has 4 spiro atoms. The Hall–Kier alpha value is -6.54. The Morgan fingerprint density at radius 3 is 1.17 bits per heavy atom. The summed E-state index contributed by atoms with van der Waals surface area (Å²) in [6, 6.07) is 10.8. The number of nitrogens with one attached hydrogen (secondary N) is 2. The molecule has 7 aliphatic carbocycles. The summed E-state index contributed by atoms with van der Waals surface area (Å²) in [4.78, 5) is 57.3. The molecule has 4 aliphatic heterocycles. The minimum atomic E-state index is -0.404. The van der Waals surface area contributed by atoms with Gasteiger partial charge in [0.15, 0.2) is 46.1 Å². The molecule has 117 heavy (non-hydrogen) atoms. The van der Waals surface area contributed by atoms with Gasteiger partial charge in [-0.25, -0.2) is 0 Å². The lowest BCUT2D eigenvalue weighted by molar-refractivity contribution is -0.184. The lowest BCUT2D eigenvalue weighted by atomic mass is 9.83. The fraction of sp³-hybridized carbons (Fsp3) is 0.723. The van der Waals surface area contributed by atoms with Crippen LogP contribution in [0.3, 0.4) is 0 Å². The van der Waals surface area contributed by atoms with Gasteiger partial charge in [0.05, 0.1) is 92.2 Å². The molecule has 0 unspecified atom stereocenters. The standard InChI is InChI=1S/C21H29NO4.C19H27NO3.C12H20O4.C12H20O2.C10H17NO.C10H18O3.C10H16O3/c1-4-5-6-16-7-10-18(11-8-16)22-21(24)14-17-9-12-19(26-15(2)23)20(13-17)25-3;1-3-4-5-14-6-9-16(10-7-14)20-19(22)13-15-8-11-17(21)18(12-15)23-2;1-2-14-11(13)9-10-3-5-12(6-4-10)15-7-8-16-12;1-2-3-4-11-5-7-12(8-6-11)13-9-10-14-12;1-2-3-4-9-5-7-10(11-12)8-6-9;2*11-6-3-9-1-4-10(5-2-9)12-7-8-13-10/h4-5,9,12-13,16,18H,6-8,10-11,14H2,1-3H3,(H,22,24);3-4,8,11-12,14,16,21H,5-7,9-10,13H2,1-2H3,(H,20,22);10H,2-9H2,1H3;2-3,11H,4-10H2,1H3;2-3,9,12H,4-8H2,1H3;9,11H,1-8H2;6,9H,1-5,7-8H2/b5-4-;4-3-;;3-2-;3-2-,11-10?;;. The molecule has 658 valence electrons. The number of esters is 2. The average molecular weight is 1640 g/mol. The van der Waals surface area contributed by atoms with Crippen molar-refractivity contribution in [1.29, 1.82) is 0 Å². The van der Waals surface area contributed by atoms with E-state index in [1.54, 1.807) is 36.4 Å². The second-order valence-electron chi connectivity index (χ2n) is 33.5. The van der Waals surface area contributed by atoms with E-state index in [1.165, 1.54) is 85.4 Å². The molecule has 13 rings (SSSR count). The molecule has 23 nitrogen and oxygen atoms in total. The number of hydrogen-bond donors (Lipinski definition) is 5. The Morgan fingerprint density at radius 1 is 0.470 bits per heavy atom. The molecule has 2 aromatic rings. The van der Waals surface area contributed by atoms with E-state index >= 15 is 0 Å². The third-order valence-electron chi connectivity index (χ3n) is 25.0. The fourth-order valence-electron chi connectivity index (χ4n) is 17.9. The van der Waals surface area contributed by atoms with Crippen LogP contribution in [0.4, 0.5) is 0 Å². The van der Waals surface area contributed by atoms with Gasteiger partial charge in [-0.05, 0) is 272 Å². The van der Waals surface area contributed by atoms with Gasteiger partial charge in [0.1, 0.15) is 6.29 Å². The number of ether oxygens (including phenoxy) is 12. The van der Waals surface area contributed by atoms with E-state index in [0.717, 1.165) is 234 Å². The van der Waals surface area contributed by atoms with Gasteiger partial charge >= 0.3 is 11.9 Å². The Kier molecular flexibility index (Phi) is 45.0. The fourth-order valence-corrected chi connectivity index (χ4v) is 17.9. The number of benzene rings is 2. The van der Waals surface area contributed by atoms with Crippen molar-refractivity contribution in [2.75, 3.05) is 80.3 Å². The van der Waals surface area contributed by atoms with E-state index in [0.29, 0.717) is 86.7 Å². The number of aliphatic hydroxyl groups excluding tert-OH is 1. The van der Waals surface area contributed by atoms with Crippen LogP contribution in [-0.2, 0) is 79.4 Å². The van der Waals surface area contributed by atoms with Crippen molar-refractivity contribution in [1.82, 2.24) is 10.6 Å². The Bertz CT molecular complexity index is 3280. The number of methoxy groups -OCH3 is 2. The molecule has 4 saturated heterocycles. The molecule has 2 amide bonds. The molecular formula is C94H147N3O20. The first-order chi connectivity index (χ1) is 56.8. The number of nitrogens with zero attached hydrogens (tertiary/aromatic N) is 1. The molecule has 11 fully saturated rings. The van der Waals surface area contributed by atoms with Gasteiger partial charge in [-0.3, -0.25) is 19.2 Å². The van der Waals surface area contributed by atoms with Crippen LogP contribution in [-0.4, -0.2) is 167 Å². The Morgan fingerprint density at radius 2 is 0.821 bits per heavy atom. The maximum atomic E-state index is 12.3. The molecule has 0 aromatic heterocycles. The van der Waals surface area contributed by atoms with E-state index in [1.807, 2.05) is 6.92 Å². The van der Waals surface area contributed by atoms with Gasteiger partial charge < -0.3 is 87.7 Å². The lowest BCUT2D eigenvalue weighted by Gasteiger charge is -2.35. The molecular weight excluding hydrogens is 1490 g/mol. The first-order valence-corrected chi connectivity index (χ1v) is 44.5. The topological polar surface area (TPSA) is 293 Å². The van der Waals surface area contributed by atoms with Gasteiger partial charge in [-0.2, -0.15) is 0 Å². The van der Waals surface area contributed by atoms with Crippen LogP contribution in [0.5, 0.6) is 23.0 Å². The smallest absolute Gasteiger partial charge is 0.308 e. The van der Waals surface area contributed by atoms with Gasteiger partial charge in [0.25, 0.3) is 0 Å². The maximum absolute atomic E-state index is 12.3. The van der Waals surface area contributed by atoms with Crippen LogP contribution >= 0.6 is 0 Å². The van der Waals surface area contributed by atoms with Crippen LogP contribution in [0.15, 0.2) is 90.2 Å². The largest absolute Gasteiger partial charge is 0.504 e. The van der Waals surface area contributed by atoms with E-state index in [4.69, 9.17) is 67.2 Å². The Balaban J connectivity index is 0.000000192. The molecule has 4 heterocycles. The van der Waals surface area contributed by atoms with E-state index in [-0.39, 0.29) is 59.1 Å². The van der Waals surface area contributed by atoms with Gasteiger partial charge in [0.2, 0.25) is 11.8 Å². The molecule has 0 bridgehead atoms. The number of hydrogen-bond acceptors (Lipinski definition) is 21. The van der Waals surface area contributed by atoms with Crippen LogP contribution in [0, 0.1) is 41.4 Å². The van der Waals surface area contributed by atoms with Crippen molar-refractivity contribution < 1.29 is 96.2 Å². The number of phenols is 1. The summed E-state index contributed by atoms with van der Waals surface area (Å²) in [5.41, 5.74) is 2.66. The van der Waals surface area contributed by atoms with Crippen molar-refractivity contribution in [2.45, 2.75) is 314 Å². The number of rotatable bonds is 24. The summed E-state index contributed by atoms with van der Waals surface area (Å²) in [5.74, 6) is 4.78. The molecule has 7 saturated carbocycles. The lowest BCUT2D eigenvalue weighted by Crippen LogP contribution is -2.38. The van der Waals surface area contributed by atoms with Crippen LogP contribution in [0.1, 0.15) is 277 Å². The van der Waals surface area contributed by atoms with Gasteiger partial charge in [0, 0.05) is 89.8 Å². The number of amides is 2. The highest BCUT2D eigenvalue weighted by molar-refractivity contribution is 5.84. The zero-order chi connectivity index (χ0) is 84.0. The number of allylic oxidation sites excluding steroid dienone is 8. The summed E-state index contributed by atoms with van der Waals surface area (Å²) in [6.45, 7) is 18.2. The summed E-state index contributed by atoms with van der Waals surface area (Å²) >= 11 is 0. The van der Waals surface area contributed by atoms with Crippen molar-refractivity contribution >= 4 is 35.8 Å². The first-order valence-electron chi connectivity index (χ1n) is 44.5. The zero-order valence-electron chi connectivity index (χ0n) is 72.3. The minimum absolute atomic E-state index is 0.0178. The van der Waals surface area contributed by atoms with Crippen molar-refractivity contribution in [2.24, 2.45) is 46.6 Å². The van der Waals surface area contributed by atoms with E-state index in [9.17, 15) is 29.1 Å². The summed E-state index contributed by atoms with van der Waals surface area (Å²) < 4.78 is 65.5. The van der Waals surface area contributed by atoms with Crippen LogP contribution in [0.25, 0.3) is 0 Å². The average Bonchev–Trinajstić information content (AvgIpc) is 1.77. The second kappa shape index (κ2) is 54.0. The minimum Gasteiger partial charge on any atom is -0.504 e. The number of aliphatic hydroxyl groups is 1. The molecule has 2 aromatic carbocycles. The van der Waals surface area contributed by atoms with Crippen molar-refractivity contribution in [3.63, 3.8) is 0 Å². The zero-order valence-corrected chi connectivity index (χ0v) is 72.3. The third-order valence-corrected chi connectivity index (χ3v) is 25.0. The summed E-state index contributed by atoms with van der Waals surface area (Å²) in [6.07, 6.45) is 56.1. The maximum Gasteiger partial charge on any atom is 0.308 e. The predicted octanol–water partition coefficient (Wildman–Crippen LogP) is 17.9. The highest BCUT2D eigenvalue weighted by atomic mass is 16.8. The number of aromatic hydroxyl groups is 1. The first kappa shape index (κ1) is 97.6. The SMILES string of the molecule is C/C=C\CC1CCC(=NO)CC1.C/C=C\CC1CCC(NC(=O)Cc2ccc(O)c(OC)c2)CC1.C/C=C\CC1CCC(NC(=O)Cc2ccc(OC(C)=O)c(OC)c2)CC1.C/C=C\CC1CCC2(CC1)OCCO2.CCOC(=O)CC1CCC2(CC1)OCCO2.O=CCC1CCC2(CC1)OCCO2.OCCC1CCC2(CC1)OCCO2. The van der Waals surface area contributed by atoms with Crippen molar-refractivity contribution in [3.05, 3.63) is 96.1 Å². The van der Waals surface area contributed by atoms with E-state index < -0.39 is 5.97 Å². The number of phenolic OH excluding ortho intramolecular Hbond substituents is 1. The highest BCUT2D eigenvalue weighted by Gasteiger charge is 2.44. The number of carbonyl (C=O) groups is 5. The number of aldehydes is 1. The monoisotopic (exact) mass is 1640 g/mol. The number of carbonyl (C=O) groups excluding carboxylic acids is 5. The summed E-state index contributed by atoms with van der Waals surface area (Å²) in [5, 5.41) is 36.5. The molecule has 5 N–H and O–H groups in total. The highest BCUT2D eigenvalue weighted by Crippen LogP contribution is 2.44. The van der Waals surface area contributed by atoms with Gasteiger partial charge in [-0.15, -0.1) is 0 Å².